The summed E-state index contributed by atoms with van der Waals surface area (Å²) in [7, 11) is 0. The molecule has 0 spiro atoms. The molecule has 0 aliphatic rings. The first-order valence-corrected chi connectivity index (χ1v) is 6.53. The summed E-state index contributed by atoms with van der Waals surface area (Å²) in [5.74, 6) is -1.75. The molecule has 0 aliphatic heterocycles. The molecule has 0 saturated carbocycles. The van der Waals surface area contributed by atoms with E-state index in [1.165, 1.54) is 13.0 Å². The Labute approximate surface area is 117 Å². The monoisotopic (exact) mass is 281 g/mol. The fraction of sp³-hybridized carbons (Fsp3) is 0.429. The third-order valence-corrected chi connectivity index (χ3v) is 3.09. The lowest BCUT2D eigenvalue weighted by Crippen LogP contribution is -2.35. The van der Waals surface area contributed by atoms with Crippen LogP contribution in [-0.4, -0.2) is 17.9 Å². The SMILES string of the molecule is CCCCC(N)C(=O)Nc1cc(C(N)=O)cc(F)c1C. The van der Waals surface area contributed by atoms with Crippen LogP contribution in [0.25, 0.3) is 0 Å². The summed E-state index contributed by atoms with van der Waals surface area (Å²) in [6.45, 7) is 3.51. The second kappa shape index (κ2) is 7.00. The molecular formula is C14H20FN3O2. The van der Waals surface area contributed by atoms with E-state index >= 15 is 0 Å². The van der Waals surface area contributed by atoms with E-state index in [1.54, 1.807) is 0 Å². The molecule has 0 aliphatic carbocycles. The molecule has 1 unspecified atom stereocenters. The van der Waals surface area contributed by atoms with Crippen LogP contribution in [0.15, 0.2) is 12.1 Å². The Hall–Kier alpha value is -1.95. The molecule has 5 nitrogen and oxygen atoms in total. The molecule has 0 heterocycles. The lowest BCUT2D eigenvalue weighted by Gasteiger charge is -2.14. The number of carbonyl (C=O) groups is 2. The number of hydrogen-bond donors (Lipinski definition) is 3. The van der Waals surface area contributed by atoms with Crippen LogP contribution in [-0.2, 0) is 4.79 Å². The average molecular weight is 281 g/mol. The van der Waals surface area contributed by atoms with Gasteiger partial charge in [0.25, 0.3) is 0 Å². The van der Waals surface area contributed by atoms with E-state index in [0.29, 0.717) is 6.42 Å². The Morgan fingerprint density at radius 3 is 2.60 bits per heavy atom. The van der Waals surface area contributed by atoms with Gasteiger partial charge in [-0.15, -0.1) is 0 Å². The van der Waals surface area contributed by atoms with E-state index in [1.807, 2.05) is 6.92 Å². The maximum atomic E-state index is 13.7. The number of unbranched alkanes of at least 4 members (excludes halogenated alkanes) is 1. The van der Waals surface area contributed by atoms with Gasteiger partial charge in [0.05, 0.1) is 6.04 Å². The van der Waals surface area contributed by atoms with Gasteiger partial charge >= 0.3 is 0 Å². The summed E-state index contributed by atoms with van der Waals surface area (Å²) in [5, 5.41) is 2.54. The van der Waals surface area contributed by atoms with Crippen molar-refractivity contribution >= 4 is 17.5 Å². The molecule has 5 N–H and O–H groups in total. The number of halogens is 1. The van der Waals surface area contributed by atoms with Gasteiger partial charge in [-0.3, -0.25) is 9.59 Å². The van der Waals surface area contributed by atoms with Gasteiger partial charge < -0.3 is 16.8 Å². The van der Waals surface area contributed by atoms with E-state index in [0.717, 1.165) is 18.9 Å². The number of primary amides is 1. The van der Waals surface area contributed by atoms with Gasteiger partial charge in [-0.25, -0.2) is 4.39 Å². The highest BCUT2D eigenvalue weighted by Crippen LogP contribution is 2.21. The predicted molar refractivity (Wildman–Crippen MR) is 75.8 cm³/mol. The minimum absolute atomic E-state index is 0.00512. The summed E-state index contributed by atoms with van der Waals surface area (Å²) in [5.41, 5.74) is 11.3. The van der Waals surface area contributed by atoms with Crippen LogP contribution in [0.3, 0.4) is 0 Å². The fourth-order valence-corrected chi connectivity index (χ4v) is 1.73. The van der Waals surface area contributed by atoms with Gasteiger partial charge in [0.15, 0.2) is 0 Å². The van der Waals surface area contributed by atoms with E-state index in [-0.39, 0.29) is 16.8 Å². The second-order valence-electron chi connectivity index (χ2n) is 4.73. The first-order chi connectivity index (χ1) is 9.36. The Bertz CT molecular complexity index is 517. The van der Waals surface area contributed by atoms with E-state index < -0.39 is 23.7 Å². The molecule has 0 aromatic heterocycles. The molecule has 1 aromatic rings. The third-order valence-electron chi connectivity index (χ3n) is 3.09. The zero-order valence-corrected chi connectivity index (χ0v) is 11.7. The van der Waals surface area contributed by atoms with Crippen LogP contribution >= 0.6 is 0 Å². The summed E-state index contributed by atoms with van der Waals surface area (Å²) in [4.78, 5) is 23.0. The van der Waals surface area contributed by atoms with Crippen LogP contribution in [0.5, 0.6) is 0 Å². The minimum atomic E-state index is -0.755. The van der Waals surface area contributed by atoms with Crippen molar-refractivity contribution in [2.75, 3.05) is 5.32 Å². The van der Waals surface area contributed by atoms with Crippen molar-refractivity contribution < 1.29 is 14.0 Å². The van der Waals surface area contributed by atoms with E-state index in [4.69, 9.17) is 11.5 Å². The first kappa shape index (κ1) is 16.1. The van der Waals surface area contributed by atoms with Crippen molar-refractivity contribution in [3.63, 3.8) is 0 Å². The Morgan fingerprint density at radius 2 is 2.05 bits per heavy atom. The Kier molecular flexibility index (Phi) is 5.64. The number of nitrogens with two attached hydrogens (primary N) is 2. The molecule has 1 aromatic carbocycles. The highest BCUT2D eigenvalue weighted by Gasteiger charge is 2.16. The van der Waals surface area contributed by atoms with Crippen molar-refractivity contribution in [2.45, 2.75) is 39.2 Å². The lowest BCUT2D eigenvalue weighted by molar-refractivity contribution is -0.117. The van der Waals surface area contributed by atoms with Crippen LogP contribution in [0.4, 0.5) is 10.1 Å². The second-order valence-corrected chi connectivity index (χ2v) is 4.73. The average Bonchev–Trinajstić information content (AvgIpc) is 2.40. The number of carbonyl (C=O) groups excluding carboxylic acids is 2. The molecule has 0 radical (unpaired) electrons. The predicted octanol–water partition coefficient (Wildman–Crippen LogP) is 1.69. The number of hydrogen-bond acceptors (Lipinski definition) is 3. The third kappa shape index (κ3) is 4.03. The van der Waals surface area contributed by atoms with Crippen molar-refractivity contribution in [1.82, 2.24) is 0 Å². The zero-order chi connectivity index (χ0) is 15.3. The van der Waals surface area contributed by atoms with Crippen molar-refractivity contribution in [2.24, 2.45) is 11.5 Å². The first-order valence-electron chi connectivity index (χ1n) is 6.53. The molecular weight excluding hydrogens is 261 g/mol. The van der Waals surface area contributed by atoms with Crippen LogP contribution in [0, 0.1) is 12.7 Å². The minimum Gasteiger partial charge on any atom is -0.366 e. The normalized spacial score (nSPS) is 12.0. The molecule has 1 atom stereocenters. The summed E-state index contributed by atoms with van der Waals surface area (Å²) in [6.07, 6.45) is 2.33. The van der Waals surface area contributed by atoms with Gasteiger partial charge in [-0.1, -0.05) is 19.8 Å². The fourth-order valence-electron chi connectivity index (χ4n) is 1.73. The van der Waals surface area contributed by atoms with Crippen LogP contribution < -0.4 is 16.8 Å². The molecule has 110 valence electrons. The van der Waals surface area contributed by atoms with Gasteiger partial charge in [0.1, 0.15) is 5.82 Å². The molecule has 6 heteroatoms. The number of benzene rings is 1. The van der Waals surface area contributed by atoms with Gasteiger partial charge in [-0.05, 0) is 25.5 Å². The maximum Gasteiger partial charge on any atom is 0.248 e. The molecule has 2 amide bonds. The number of amides is 2. The van der Waals surface area contributed by atoms with E-state index in [2.05, 4.69) is 5.32 Å². The van der Waals surface area contributed by atoms with Crippen molar-refractivity contribution in [1.29, 1.82) is 0 Å². The largest absolute Gasteiger partial charge is 0.366 e. The number of rotatable bonds is 6. The topological polar surface area (TPSA) is 98.2 Å². The molecule has 1 rings (SSSR count). The Balaban J connectivity index is 2.91. The van der Waals surface area contributed by atoms with E-state index in [9.17, 15) is 14.0 Å². The standard InChI is InChI=1S/C14H20FN3O2/c1-3-4-5-11(16)14(20)18-12-7-9(13(17)19)6-10(15)8(12)2/h6-7,11H,3-5,16H2,1-2H3,(H2,17,19)(H,18,20). The van der Waals surface area contributed by atoms with Crippen LogP contribution in [0.2, 0.25) is 0 Å². The lowest BCUT2D eigenvalue weighted by atomic mass is 10.1. The quantitative estimate of drug-likeness (QED) is 0.740. The van der Waals surface area contributed by atoms with Crippen LogP contribution in [0.1, 0.15) is 42.1 Å². The van der Waals surface area contributed by atoms with Gasteiger partial charge in [-0.2, -0.15) is 0 Å². The number of nitrogens with one attached hydrogen (secondary N) is 1. The smallest absolute Gasteiger partial charge is 0.248 e. The van der Waals surface area contributed by atoms with Gasteiger partial charge in [0.2, 0.25) is 11.8 Å². The Morgan fingerprint density at radius 1 is 1.40 bits per heavy atom. The summed E-state index contributed by atoms with van der Waals surface area (Å²) >= 11 is 0. The molecule has 0 bridgehead atoms. The summed E-state index contributed by atoms with van der Waals surface area (Å²) < 4.78 is 13.7. The van der Waals surface area contributed by atoms with Gasteiger partial charge in [0, 0.05) is 16.8 Å². The summed E-state index contributed by atoms with van der Waals surface area (Å²) in [6, 6.07) is 1.74. The zero-order valence-electron chi connectivity index (χ0n) is 11.7. The maximum absolute atomic E-state index is 13.7. The van der Waals surface area contributed by atoms with Crippen molar-refractivity contribution in [3.05, 3.63) is 29.1 Å². The molecule has 20 heavy (non-hydrogen) atoms. The molecule has 0 fully saturated rings. The van der Waals surface area contributed by atoms with Crippen molar-refractivity contribution in [3.8, 4) is 0 Å². The highest BCUT2D eigenvalue weighted by atomic mass is 19.1. The molecule has 0 saturated heterocycles. The highest BCUT2D eigenvalue weighted by molar-refractivity contribution is 5.98. The number of anilines is 1.